The summed E-state index contributed by atoms with van der Waals surface area (Å²) in [6.45, 7) is 5.39. The lowest BCUT2D eigenvalue weighted by Crippen LogP contribution is -2.18. The van der Waals surface area contributed by atoms with Crippen molar-refractivity contribution in [2.75, 3.05) is 25.6 Å². The van der Waals surface area contributed by atoms with Crippen molar-refractivity contribution in [2.45, 2.75) is 84.1 Å². The highest BCUT2D eigenvalue weighted by atomic mass is 16.6. The summed E-state index contributed by atoms with van der Waals surface area (Å²) in [7, 11) is 1.58. The Balaban J connectivity index is 1.89. The lowest BCUT2D eigenvalue weighted by molar-refractivity contribution is -0.133. The van der Waals surface area contributed by atoms with Crippen LogP contribution in [0.3, 0.4) is 0 Å². The van der Waals surface area contributed by atoms with Crippen molar-refractivity contribution in [1.82, 2.24) is 4.98 Å². The Morgan fingerprint density at radius 2 is 1.66 bits per heavy atom. The Kier molecular flexibility index (Phi) is 11.7. The number of methoxy groups -OCH3 is 1. The van der Waals surface area contributed by atoms with Gasteiger partial charge in [-0.3, -0.25) is 0 Å². The summed E-state index contributed by atoms with van der Waals surface area (Å²) < 4.78 is 22.7. The maximum atomic E-state index is 12.1. The van der Waals surface area contributed by atoms with Crippen molar-refractivity contribution in [3.05, 3.63) is 24.3 Å². The molecular formula is C29H41N3O6. The number of hydrogen-bond acceptors (Lipinski definition) is 9. The normalized spacial score (nSPS) is 14.6. The third kappa shape index (κ3) is 8.34. The third-order valence-electron chi connectivity index (χ3n) is 6.42. The Morgan fingerprint density at radius 3 is 2.34 bits per heavy atom. The van der Waals surface area contributed by atoms with Crippen LogP contribution in [0.1, 0.15) is 78.1 Å². The molecule has 1 aliphatic heterocycles. The molecule has 9 heteroatoms. The van der Waals surface area contributed by atoms with Gasteiger partial charge in [0.2, 0.25) is 0 Å². The number of unbranched alkanes of at least 4 members (excludes halogenated alkanes) is 7. The first kappa shape index (κ1) is 29.2. The van der Waals surface area contributed by atoms with Crippen LogP contribution in [-0.4, -0.2) is 43.2 Å². The molecule has 0 saturated carbocycles. The highest BCUT2D eigenvalue weighted by Gasteiger charge is 2.24. The fourth-order valence-corrected chi connectivity index (χ4v) is 4.39. The quantitative estimate of drug-likeness (QED) is 0.210. The summed E-state index contributed by atoms with van der Waals surface area (Å²) >= 11 is 0. The molecule has 1 atom stereocenters. The Labute approximate surface area is 225 Å². The number of aromatic nitrogens is 1. The van der Waals surface area contributed by atoms with Gasteiger partial charge in [0, 0.05) is 24.3 Å². The van der Waals surface area contributed by atoms with Crippen LogP contribution in [0.5, 0.6) is 23.1 Å². The number of carbonyl (C=O) groups excluding carboxylic acids is 2. The second-order valence-electron chi connectivity index (χ2n) is 9.62. The molecule has 1 unspecified atom stereocenters. The topological polar surface area (TPSA) is 122 Å². The molecule has 0 radical (unpaired) electrons. The zero-order chi connectivity index (χ0) is 27.3. The minimum atomic E-state index is -0.708. The number of ether oxygens (including phenoxy) is 4. The van der Waals surface area contributed by atoms with Gasteiger partial charge in [0.25, 0.3) is 5.88 Å². The van der Waals surface area contributed by atoms with Crippen LogP contribution in [0.15, 0.2) is 24.3 Å². The van der Waals surface area contributed by atoms with Gasteiger partial charge >= 0.3 is 11.9 Å². The predicted molar refractivity (Wildman–Crippen MR) is 148 cm³/mol. The van der Waals surface area contributed by atoms with Crippen molar-refractivity contribution in [3.63, 3.8) is 0 Å². The van der Waals surface area contributed by atoms with Gasteiger partial charge < -0.3 is 30.0 Å². The van der Waals surface area contributed by atoms with Crippen LogP contribution in [0, 0.1) is 0 Å². The van der Waals surface area contributed by atoms with E-state index in [1.807, 2.05) is 6.07 Å². The summed E-state index contributed by atoms with van der Waals surface area (Å²) in [5, 5.41) is 4.05. The molecule has 3 N–H and O–H groups in total. The average Bonchev–Trinajstić information content (AvgIpc) is 2.90. The van der Waals surface area contributed by atoms with Gasteiger partial charge in [-0.15, -0.1) is 0 Å². The standard InChI is InChI=1S/C29H41N3O6/c1-4-5-6-7-8-9-10-11-17-36-28-21-18-24-29(38-26(34)15-14-25(33)37-24)32-27(21)22(19-23(28)35-3)31-20(2)13-12-16-30/h14-15,18-20,31H,4-13,16-17,30H2,1-3H3/b15-14+. The van der Waals surface area contributed by atoms with Crippen LogP contribution in [0.25, 0.3) is 10.9 Å². The summed E-state index contributed by atoms with van der Waals surface area (Å²) in [5.41, 5.74) is 6.89. The van der Waals surface area contributed by atoms with Gasteiger partial charge in [-0.05, 0) is 38.8 Å². The Bertz CT molecular complexity index is 1120. The number of nitrogens with one attached hydrogen (secondary N) is 1. The monoisotopic (exact) mass is 527 g/mol. The number of pyridine rings is 1. The van der Waals surface area contributed by atoms with Gasteiger partial charge in [0.05, 0.1) is 24.8 Å². The molecule has 2 heterocycles. The van der Waals surface area contributed by atoms with E-state index in [1.165, 1.54) is 38.5 Å². The molecule has 1 aromatic carbocycles. The molecule has 38 heavy (non-hydrogen) atoms. The molecule has 0 bridgehead atoms. The fourth-order valence-electron chi connectivity index (χ4n) is 4.39. The van der Waals surface area contributed by atoms with Crippen LogP contribution >= 0.6 is 0 Å². The maximum absolute atomic E-state index is 12.1. The molecule has 3 rings (SSSR count). The van der Waals surface area contributed by atoms with E-state index in [0.29, 0.717) is 41.2 Å². The van der Waals surface area contributed by atoms with Crippen LogP contribution in [0.4, 0.5) is 5.69 Å². The first-order valence-electron chi connectivity index (χ1n) is 13.7. The average molecular weight is 528 g/mol. The summed E-state index contributed by atoms with van der Waals surface area (Å²) in [4.78, 5) is 28.8. The molecule has 208 valence electrons. The Hall–Kier alpha value is -3.33. The third-order valence-corrected chi connectivity index (χ3v) is 6.42. The molecular weight excluding hydrogens is 486 g/mol. The van der Waals surface area contributed by atoms with Crippen LogP contribution in [-0.2, 0) is 9.59 Å². The van der Waals surface area contributed by atoms with Crippen LogP contribution < -0.4 is 30.0 Å². The SMILES string of the molecule is CCCCCCCCCCOc1c(OC)cc(NC(C)CCCN)c2nc3c(cc12)OC(=O)/C=C/C(=O)O3. The fraction of sp³-hybridized carbons (Fsp3) is 0.552. The van der Waals surface area contributed by atoms with Crippen molar-refractivity contribution >= 4 is 28.5 Å². The molecule has 0 saturated heterocycles. The first-order chi connectivity index (χ1) is 18.5. The number of carbonyl (C=O) groups is 2. The zero-order valence-electron chi connectivity index (χ0n) is 22.8. The highest BCUT2D eigenvalue weighted by molar-refractivity contribution is 6.01. The van der Waals surface area contributed by atoms with E-state index < -0.39 is 11.9 Å². The molecule has 0 amide bonds. The van der Waals surface area contributed by atoms with E-state index >= 15 is 0 Å². The molecule has 0 fully saturated rings. The van der Waals surface area contributed by atoms with E-state index in [-0.39, 0.29) is 17.7 Å². The highest BCUT2D eigenvalue weighted by Crippen LogP contribution is 2.44. The number of fused-ring (bicyclic) bond motifs is 2. The van der Waals surface area contributed by atoms with Crippen LogP contribution in [0.2, 0.25) is 0 Å². The summed E-state index contributed by atoms with van der Waals surface area (Å²) in [6.07, 6.45) is 13.3. The van der Waals surface area contributed by atoms with Crippen molar-refractivity contribution in [1.29, 1.82) is 0 Å². The second-order valence-corrected chi connectivity index (χ2v) is 9.62. The smallest absolute Gasteiger partial charge is 0.337 e. The second kappa shape index (κ2) is 15.2. The van der Waals surface area contributed by atoms with Crippen molar-refractivity contribution < 1.29 is 28.5 Å². The van der Waals surface area contributed by atoms with Gasteiger partial charge in [0.15, 0.2) is 17.2 Å². The lowest BCUT2D eigenvalue weighted by atomic mass is 10.1. The number of anilines is 1. The van der Waals surface area contributed by atoms with E-state index in [1.54, 1.807) is 13.2 Å². The Morgan fingerprint density at radius 1 is 0.974 bits per heavy atom. The van der Waals surface area contributed by atoms with E-state index in [2.05, 4.69) is 24.1 Å². The van der Waals surface area contributed by atoms with Crippen molar-refractivity contribution in [2.24, 2.45) is 5.73 Å². The lowest BCUT2D eigenvalue weighted by Gasteiger charge is -2.21. The number of esters is 2. The van der Waals surface area contributed by atoms with Gasteiger partial charge in [0.1, 0.15) is 5.52 Å². The number of benzene rings is 1. The number of nitrogens with zero attached hydrogens (tertiary/aromatic N) is 1. The van der Waals surface area contributed by atoms with Gasteiger partial charge in [-0.2, -0.15) is 0 Å². The van der Waals surface area contributed by atoms with E-state index in [4.69, 9.17) is 24.7 Å². The molecule has 1 aliphatic rings. The van der Waals surface area contributed by atoms with Gasteiger partial charge in [-0.25, -0.2) is 14.6 Å². The summed E-state index contributed by atoms with van der Waals surface area (Å²) in [6, 6.07) is 3.55. The molecule has 2 aromatic rings. The van der Waals surface area contributed by atoms with E-state index in [0.717, 1.165) is 37.8 Å². The van der Waals surface area contributed by atoms with Gasteiger partial charge in [-0.1, -0.05) is 51.9 Å². The predicted octanol–water partition coefficient (Wildman–Crippen LogP) is 5.68. The number of nitrogens with two attached hydrogens (primary N) is 1. The molecule has 0 aliphatic carbocycles. The molecule has 9 nitrogen and oxygen atoms in total. The summed E-state index contributed by atoms with van der Waals surface area (Å²) in [5.74, 6) is -0.422. The minimum Gasteiger partial charge on any atom is -0.493 e. The minimum absolute atomic E-state index is 0.0347. The largest absolute Gasteiger partial charge is 0.493 e. The first-order valence-corrected chi connectivity index (χ1v) is 13.7. The molecule has 1 aromatic heterocycles. The number of rotatable bonds is 16. The zero-order valence-corrected chi connectivity index (χ0v) is 22.8. The van der Waals surface area contributed by atoms with E-state index in [9.17, 15) is 9.59 Å². The number of hydrogen-bond donors (Lipinski definition) is 2. The molecule has 0 spiro atoms. The van der Waals surface area contributed by atoms with Crippen molar-refractivity contribution in [3.8, 4) is 23.1 Å². The maximum Gasteiger partial charge on any atom is 0.337 e.